The number of rotatable bonds is 5. The number of nitrogens with one attached hydrogen (secondary N) is 1. The highest BCUT2D eigenvalue weighted by Crippen LogP contribution is 2.27. The minimum atomic E-state index is -0.198. The number of ether oxygens (including phenoxy) is 3. The Balaban J connectivity index is 1.92. The number of carbonyl (C=O) groups is 2. The maximum atomic E-state index is 13.4. The maximum absolute atomic E-state index is 13.4. The van der Waals surface area contributed by atoms with E-state index in [1.165, 1.54) is 12.5 Å². The van der Waals surface area contributed by atoms with E-state index in [9.17, 15) is 9.59 Å². The highest BCUT2D eigenvalue weighted by Gasteiger charge is 2.28. The molecule has 0 saturated carbocycles. The average molecular weight is 484 g/mol. The van der Waals surface area contributed by atoms with Crippen molar-refractivity contribution >= 4 is 17.5 Å². The third kappa shape index (κ3) is 6.96. The molecule has 0 aromatic heterocycles. The number of nitrogens with zero attached hydrogens (tertiary/aromatic N) is 2. The Hall–Kier alpha value is -3.10. The molecule has 2 amide bonds. The minimum absolute atomic E-state index is 0.0761. The molecule has 0 fully saturated rings. The van der Waals surface area contributed by atoms with Crippen molar-refractivity contribution < 1.29 is 23.8 Å². The van der Waals surface area contributed by atoms with Crippen LogP contribution in [0.25, 0.3) is 0 Å². The van der Waals surface area contributed by atoms with Crippen molar-refractivity contribution in [3.05, 3.63) is 53.6 Å². The molecule has 35 heavy (non-hydrogen) atoms. The standard InChI is InChI=1S/C27H37N3O5/c1-18-14-30(15-21-7-10-23(33-5)11-8-21)19(2)17-35-25-12-9-22(28-20(3)31)13-24(25)27(32)29(4)16-26(18)34-6/h7-13,18-19,26H,14-17H2,1-6H3,(H,28,31)/t18-,19-,26+/m0/s1. The van der Waals surface area contributed by atoms with E-state index in [1.807, 2.05) is 12.1 Å². The zero-order chi connectivity index (χ0) is 25.5. The van der Waals surface area contributed by atoms with Crippen molar-refractivity contribution in [2.24, 2.45) is 5.92 Å². The maximum Gasteiger partial charge on any atom is 0.257 e. The second-order valence-corrected chi connectivity index (χ2v) is 9.27. The van der Waals surface area contributed by atoms with E-state index >= 15 is 0 Å². The monoisotopic (exact) mass is 483 g/mol. The van der Waals surface area contributed by atoms with Crippen LogP contribution < -0.4 is 14.8 Å². The number of hydrogen-bond donors (Lipinski definition) is 1. The molecule has 1 aliphatic rings. The molecule has 2 aromatic rings. The molecule has 8 heteroatoms. The van der Waals surface area contributed by atoms with E-state index in [0.717, 1.165) is 18.8 Å². The van der Waals surface area contributed by atoms with Crippen molar-refractivity contribution in [2.45, 2.75) is 39.5 Å². The molecular formula is C27H37N3O5. The summed E-state index contributed by atoms with van der Waals surface area (Å²) >= 11 is 0. The van der Waals surface area contributed by atoms with Crippen LogP contribution in [0.3, 0.4) is 0 Å². The van der Waals surface area contributed by atoms with E-state index in [1.54, 1.807) is 44.4 Å². The molecule has 1 heterocycles. The molecular weight excluding hydrogens is 446 g/mol. The lowest BCUT2D eigenvalue weighted by Crippen LogP contribution is -2.46. The van der Waals surface area contributed by atoms with Crippen LogP contribution in [0.5, 0.6) is 11.5 Å². The second-order valence-electron chi connectivity index (χ2n) is 9.27. The van der Waals surface area contributed by atoms with E-state index in [-0.39, 0.29) is 29.9 Å². The lowest BCUT2D eigenvalue weighted by Gasteiger charge is -2.36. The Morgan fingerprint density at radius 3 is 2.46 bits per heavy atom. The highest BCUT2D eigenvalue weighted by molar-refractivity contribution is 5.99. The summed E-state index contributed by atoms with van der Waals surface area (Å²) in [6.45, 7) is 8.09. The third-order valence-electron chi connectivity index (χ3n) is 6.44. The highest BCUT2D eigenvalue weighted by atomic mass is 16.5. The number of likely N-dealkylation sites (N-methyl/N-ethyl adjacent to an activating group) is 1. The van der Waals surface area contributed by atoms with E-state index in [2.05, 4.69) is 36.2 Å². The Kier molecular flexibility index (Phi) is 9.12. The van der Waals surface area contributed by atoms with Gasteiger partial charge in [0.2, 0.25) is 5.91 Å². The van der Waals surface area contributed by atoms with E-state index < -0.39 is 0 Å². The number of hydrogen-bond acceptors (Lipinski definition) is 6. The Labute approximate surface area is 208 Å². The van der Waals surface area contributed by atoms with Gasteiger partial charge in [0.15, 0.2) is 0 Å². The first-order chi connectivity index (χ1) is 16.7. The fraction of sp³-hybridized carbons (Fsp3) is 0.481. The zero-order valence-corrected chi connectivity index (χ0v) is 21.5. The summed E-state index contributed by atoms with van der Waals surface area (Å²) in [7, 11) is 5.12. The molecule has 2 aromatic carbocycles. The van der Waals surface area contributed by atoms with Gasteiger partial charge in [0.25, 0.3) is 5.91 Å². The molecule has 3 rings (SSSR count). The molecule has 3 atom stereocenters. The lowest BCUT2D eigenvalue weighted by atomic mass is 10.0. The summed E-state index contributed by atoms with van der Waals surface area (Å²) in [5, 5.41) is 2.75. The molecule has 0 unspecified atom stereocenters. The van der Waals surface area contributed by atoms with Crippen LogP contribution in [0.15, 0.2) is 42.5 Å². The van der Waals surface area contributed by atoms with Crippen molar-refractivity contribution in [3.63, 3.8) is 0 Å². The number of amides is 2. The number of fused-ring (bicyclic) bond motifs is 1. The second kappa shape index (κ2) is 12.0. The van der Waals surface area contributed by atoms with Gasteiger partial charge in [0.1, 0.15) is 18.1 Å². The van der Waals surface area contributed by atoms with Crippen molar-refractivity contribution in [1.29, 1.82) is 0 Å². The smallest absolute Gasteiger partial charge is 0.257 e. The largest absolute Gasteiger partial charge is 0.497 e. The van der Waals surface area contributed by atoms with Crippen LogP contribution in [-0.2, 0) is 16.1 Å². The van der Waals surface area contributed by atoms with Gasteiger partial charge in [-0.2, -0.15) is 0 Å². The Bertz CT molecular complexity index is 1010. The van der Waals surface area contributed by atoms with Gasteiger partial charge in [-0.1, -0.05) is 19.1 Å². The van der Waals surface area contributed by atoms with Gasteiger partial charge in [-0.05, 0) is 48.7 Å². The van der Waals surface area contributed by atoms with Crippen molar-refractivity contribution in [1.82, 2.24) is 9.80 Å². The fourth-order valence-electron chi connectivity index (χ4n) is 4.32. The fourth-order valence-corrected chi connectivity index (χ4v) is 4.32. The summed E-state index contributed by atoms with van der Waals surface area (Å²) in [6, 6.07) is 13.3. The van der Waals surface area contributed by atoms with E-state index in [4.69, 9.17) is 14.2 Å². The number of anilines is 1. The van der Waals surface area contributed by atoms with Crippen LogP contribution >= 0.6 is 0 Å². The number of benzene rings is 2. The average Bonchev–Trinajstić information content (AvgIpc) is 2.84. The summed E-state index contributed by atoms with van der Waals surface area (Å²) < 4.78 is 17.3. The van der Waals surface area contributed by atoms with Crippen LogP contribution in [0, 0.1) is 5.92 Å². The molecule has 8 nitrogen and oxygen atoms in total. The van der Waals surface area contributed by atoms with Crippen molar-refractivity contribution in [2.75, 3.05) is 46.3 Å². The van der Waals surface area contributed by atoms with Gasteiger partial charge in [-0.15, -0.1) is 0 Å². The number of methoxy groups -OCH3 is 2. The first kappa shape index (κ1) is 26.5. The van der Waals surface area contributed by atoms with Gasteiger partial charge < -0.3 is 24.4 Å². The summed E-state index contributed by atoms with van der Waals surface area (Å²) in [6.07, 6.45) is -0.142. The molecule has 0 saturated heterocycles. The first-order valence-electron chi connectivity index (χ1n) is 11.9. The number of carbonyl (C=O) groups excluding carboxylic acids is 2. The minimum Gasteiger partial charge on any atom is -0.497 e. The molecule has 1 N–H and O–H groups in total. The Morgan fingerprint density at radius 2 is 1.83 bits per heavy atom. The summed E-state index contributed by atoms with van der Waals surface area (Å²) in [5.74, 6) is 1.12. The quantitative estimate of drug-likeness (QED) is 0.699. The summed E-state index contributed by atoms with van der Waals surface area (Å²) in [5.41, 5.74) is 2.15. The van der Waals surface area contributed by atoms with Crippen LogP contribution in [0.2, 0.25) is 0 Å². The first-order valence-corrected chi connectivity index (χ1v) is 11.9. The molecule has 0 spiro atoms. The predicted molar refractivity (Wildman–Crippen MR) is 136 cm³/mol. The predicted octanol–water partition coefficient (Wildman–Crippen LogP) is 3.66. The topological polar surface area (TPSA) is 80.3 Å². The zero-order valence-electron chi connectivity index (χ0n) is 21.5. The molecule has 0 aliphatic carbocycles. The Morgan fingerprint density at radius 1 is 1.11 bits per heavy atom. The van der Waals surface area contributed by atoms with Gasteiger partial charge >= 0.3 is 0 Å². The SMILES string of the molecule is COc1ccc(CN2C[C@H](C)[C@H](OC)CN(C)C(=O)c3cc(NC(C)=O)ccc3OC[C@@H]2C)cc1. The van der Waals surface area contributed by atoms with Crippen molar-refractivity contribution in [3.8, 4) is 11.5 Å². The van der Waals surface area contributed by atoms with Gasteiger partial charge in [-0.3, -0.25) is 14.5 Å². The van der Waals surface area contributed by atoms with Gasteiger partial charge in [-0.25, -0.2) is 0 Å². The van der Waals surface area contributed by atoms with Gasteiger partial charge in [0.05, 0.1) is 18.8 Å². The third-order valence-corrected chi connectivity index (χ3v) is 6.44. The van der Waals surface area contributed by atoms with Crippen LogP contribution in [0.1, 0.15) is 36.7 Å². The van der Waals surface area contributed by atoms with Gasteiger partial charge in [0, 0.05) is 52.4 Å². The summed E-state index contributed by atoms with van der Waals surface area (Å²) in [4.78, 5) is 28.9. The molecule has 0 bridgehead atoms. The molecule has 190 valence electrons. The molecule has 1 aliphatic heterocycles. The van der Waals surface area contributed by atoms with Crippen LogP contribution in [-0.4, -0.2) is 74.7 Å². The molecule has 0 radical (unpaired) electrons. The lowest BCUT2D eigenvalue weighted by molar-refractivity contribution is -0.114. The normalized spacial score (nSPS) is 21.8. The van der Waals surface area contributed by atoms with E-state index in [0.29, 0.717) is 30.2 Å². The van der Waals surface area contributed by atoms with Crippen LogP contribution in [0.4, 0.5) is 5.69 Å².